The zero-order valence-electron chi connectivity index (χ0n) is 18.3. The first kappa shape index (κ1) is 21.7. The summed E-state index contributed by atoms with van der Waals surface area (Å²) in [5.74, 6) is -0.479. The molecule has 32 heavy (non-hydrogen) atoms. The van der Waals surface area contributed by atoms with Crippen LogP contribution in [0.4, 0.5) is 5.69 Å². The van der Waals surface area contributed by atoms with E-state index in [9.17, 15) is 14.7 Å². The number of hydrogen-bond donors (Lipinski definition) is 3. The lowest BCUT2D eigenvalue weighted by atomic mass is 9.75. The topological polar surface area (TPSA) is 123 Å². The number of nitrogens with zero attached hydrogens (tertiary/aromatic N) is 3. The van der Waals surface area contributed by atoms with Crippen LogP contribution in [-0.2, 0) is 12.8 Å². The van der Waals surface area contributed by atoms with Crippen LogP contribution in [0.25, 0.3) is 5.69 Å². The molecule has 0 spiro atoms. The number of fused-ring (bicyclic) bond motifs is 1. The molecule has 0 saturated heterocycles. The van der Waals surface area contributed by atoms with Gasteiger partial charge in [-0.15, -0.1) is 0 Å². The van der Waals surface area contributed by atoms with Crippen LogP contribution in [0, 0.1) is 5.41 Å². The highest BCUT2D eigenvalue weighted by molar-refractivity contribution is 6.00. The molecule has 2 aromatic heterocycles. The average Bonchev–Trinajstić information content (AvgIpc) is 3.09. The minimum Gasteiger partial charge on any atom is -0.395 e. The fourth-order valence-electron chi connectivity index (χ4n) is 4.25. The van der Waals surface area contributed by atoms with Crippen LogP contribution in [0.15, 0.2) is 42.6 Å². The van der Waals surface area contributed by atoms with Crippen molar-refractivity contribution in [1.29, 1.82) is 0 Å². The Kier molecular flexibility index (Phi) is 5.80. The maximum atomic E-state index is 13.1. The Morgan fingerprint density at radius 3 is 2.75 bits per heavy atom. The molecule has 1 aliphatic rings. The van der Waals surface area contributed by atoms with Crippen molar-refractivity contribution in [2.24, 2.45) is 11.1 Å². The predicted octanol–water partition coefficient (Wildman–Crippen LogP) is 2.52. The molecule has 4 rings (SSSR count). The maximum Gasteiger partial charge on any atom is 0.250 e. The number of amides is 1. The van der Waals surface area contributed by atoms with Crippen molar-refractivity contribution in [3.8, 4) is 5.69 Å². The van der Waals surface area contributed by atoms with E-state index in [-0.39, 0.29) is 24.3 Å². The Balaban J connectivity index is 1.85. The third-order valence-corrected chi connectivity index (χ3v) is 5.63. The number of carbonyl (C=O) groups excluding carboxylic acids is 2. The first-order valence-electron chi connectivity index (χ1n) is 10.6. The first-order chi connectivity index (χ1) is 15.3. The SMILES string of the molecule is CC1(C)CC(=O)c2c(Cc3ccccn3)nn(-c3ccc(C(N)=O)c(NCCO)c3)c2C1. The Labute approximate surface area is 186 Å². The number of ketones is 1. The summed E-state index contributed by atoms with van der Waals surface area (Å²) in [4.78, 5) is 29.4. The van der Waals surface area contributed by atoms with Crippen LogP contribution < -0.4 is 11.1 Å². The van der Waals surface area contributed by atoms with Crippen LogP contribution in [0.2, 0.25) is 0 Å². The van der Waals surface area contributed by atoms with Crippen molar-refractivity contribution < 1.29 is 14.7 Å². The zero-order valence-corrected chi connectivity index (χ0v) is 18.3. The highest BCUT2D eigenvalue weighted by Gasteiger charge is 2.36. The summed E-state index contributed by atoms with van der Waals surface area (Å²) in [5, 5.41) is 17.1. The van der Waals surface area contributed by atoms with Crippen molar-refractivity contribution in [2.45, 2.75) is 33.1 Å². The standard InChI is InChI=1S/C24H27N5O3/c1-24(2)13-20-22(21(31)14-24)19(11-15-5-3-4-8-26-15)28-29(20)16-6-7-17(23(25)32)18(12-16)27-9-10-30/h3-8,12,27,30H,9-11,13-14H2,1-2H3,(H2,25,32). The van der Waals surface area contributed by atoms with Crippen LogP contribution >= 0.6 is 0 Å². The molecule has 1 amide bonds. The van der Waals surface area contributed by atoms with E-state index >= 15 is 0 Å². The molecule has 0 atom stereocenters. The second-order valence-electron chi connectivity index (χ2n) is 8.86. The number of Topliss-reactive ketones (excluding diaryl/α,β-unsaturated/α-hetero) is 1. The van der Waals surface area contributed by atoms with E-state index in [0.717, 1.165) is 11.4 Å². The van der Waals surface area contributed by atoms with Crippen molar-refractivity contribution >= 4 is 17.4 Å². The van der Waals surface area contributed by atoms with Crippen molar-refractivity contribution in [2.75, 3.05) is 18.5 Å². The molecular weight excluding hydrogens is 406 g/mol. The number of aliphatic hydroxyl groups is 1. The highest BCUT2D eigenvalue weighted by Crippen LogP contribution is 2.38. The molecule has 4 N–H and O–H groups in total. The number of anilines is 1. The van der Waals surface area contributed by atoms with Gasteiger partial charge in [0.15, 0.2) is 5.78 Å². The third-order valence-electron chi connectivity index (χ3n) is 5.63. The normalized spacial score (nSPS) is 14.8. The Bertz CT molecular complexity index is 1170. The molecule has 0 bridgehead atoms. The van der Waals surface area contributed by atoms with Gasteiger partial charge in [-0.3, -0.25) is 14.6 Å². The number of carbonyl (C=O) groups is 2. The van der Waals surface area contributed by atoms with Crippen LogP contribution in [0.3, 0.4) is 0 Å². The smallest absolute Gasteiger partial charge is 0.250 e. The van der Waals surface area contributed by atoms with Gasteiger partial charge < -0.3 is 16.2 Å². The molecule has 8 heteroatoms. The minimum atomic E-state index is -0.563. The molecule has 0 unspecified atom stereocenters. The van der Waals surface area contributed by atoms with Crippen LogP contribution in [0.1, 0.15) is 58.1 Å². The summed E-state index contributed by atoms with van der Waals surface area (Å²) >= 11 is 0. The van der Waals surface area contributed by atoms with E-state index in [1.165, 1.54) is 0 Å². The summed E-state index contributed by atoms with van der Waals surface area (Å²) in [6, 6.07) is 10.9. The van der Waals surface area contributed by atoms with Gasteiger partial charge in [0.1, 0.15) is 0 Å². The van der Waals surface area contributed by atoms with Gasteiger partial charge in [-0.1, -0.05) is 19.9 Å². The lowest BCUT2D eigenvalue weighted by Crippen LogP contribution is -2.28. The Hall–Kier alpha value is -3.52. The number of nitrogens with one attached hydrogen (secondary N) is 1. The van der Waals surface area contributed by atoms with Gasteiger partial charge in [0, 0.05) is 37.0 Å². The highest BCUT2D eigenvalue weighted by atomic mass is 16.3. The predicted molar refractivity (Wildman–Crippen MR) is 121 cm³/mol. The van der Waals surface area contributed by atoms with E-state index in [1.54, 1.807) is 29.1 Å². The summed E-state index contributed by atoms with van der Waals surface area (Å²) < 4.78 is 1.79. The largest absolute Gasteiger partial charge is 0.395 e. The average molecular weight is 434 g/mol. The molecule has 0 radical (unpaired) electrons. The number of hydrogen-bond acceptors (Lipinski definition) is 6. The molecule has 3 aromatic rings. The number of aromatic nitrogens is 3. The van der Waals surface area contributed by atoms with Crippen LogP contribution in [0.5, 0.6) is 0 Å². The number of nitrogens with two attached hydrogens (primary N) is 1. The van der Waals surface area contributed by atoms with E-state index in [1.807, 2.05) is 18.2 Å². The summed E-state index contributed by atoms with van der Waals surface area (Å²) in [7, 11) is 0. The number of primary amides is 1. The molecular formula is C24H27N5O3. The van der Waals surface area contributed by atoms with Gasteiger partial charge in [0.05, 0.1) is 34.8 Å². The molecule has 1 aromatic carbocycles. The minimum absolute atomic E-state index is 0.0841. The summed E-state index contributed by atoms with van der Waals surface area (Å²) in [5.41, 5.74) is 9.94. The third kappa shape index (κ3) is 4.27. The Morgan fingerprint density at radius 2 is 2.06 bits per heavy atom. The van der Waals surface area contributed by atoms with Crippen molar-refractivity contribution in [1.82, 2.24) is 14.8 Å². The van der Waals surface area contributed by atoms with Gasteiger partial charge in [-0.2, -0.15) is 5.10 Å². The van der Waals surface area contributed by atoms with Crippen molar-refractivity contribution in [3.05, 3.63) is 70.8 Å². The molecule has 8 nitrogen and oxygen atoms in total. The monoisotopic (exact) mass is 433 g/mol. The Morgan fingerprint density at radius 1 is 1.25 bits per heavy atom. The van der Waals surface area contributed by atoms with E-state index in [2.05, 4.69) is 24.1 Å². The second-order valence-corrected chi connectivity index (χ2v) is 8.86. The lowest BCUT2D eigenvalue weighted by Gasteiger charge is -2.29. The molecule has 0 aliphatic heterocycles. The number of pyridine rings is 1. The second kappa shape index (κ2) is 8.55. The van der Waals surface area contributed by atoms with E-state index in [4.69, 9.17) is 10.8 Å². The fraction of sp³-hybridized carbons (Fsp3) is 0.333. The maximum absolute atomic E-state index is 13.1. The van der Waals surface area contributed by atoms with E-state index < -0.39 is 5.91 Å². The van der Waals surface area contributed by atoms with E-state index in [0.29, 0.717) is 47.5 Å². The number of aliphatic hydroxyl groups excluding tert-OH is 1. The quantitative estimate of drug-likeness (QED) is 0.526. The fourth-order valence-corrected chi connectivity index (χ4v) is 4.25. The summed E-state index contributed by atoms with van der Waals surface area (Å²) in [6.45, 7) is 4.34. The zero-order chi connectivity index (χ0) is 22.9. The molecule has 2 heterocycles. The van der Waals surface area contributed by atoms with Crippen LogP contribution in [-0.4, -0.2) is 44.7 Å². The molecule has 0 fully saturated rings. The number of rotatable bonds is 7. The summed E-state index contributed by atoms with van der Waals surface area (Å²) in [6.07, 6.45) is 3.34. The molecule has 166 valence electrons. The van der Waals surface area contributed by atoms with Crippen molar-refractivity contribution in [3.63, 3.8) is 0 Å². The van der Waals surface area contributed by atoms with Gasteiger partial charge in [-0.05, 0) is 42.2 Å². The first-order valence-corrected chi connectivity index (χ1v) is 10.6. The number of benzene rings is 1. The molecule has 0 saturated carbocycles. The van der Waals surface area contributed by atoms with Gasteiger partial charge >= 0.3 is 0 Å². The van der Waals surface area contributed by atoms with Gasteiger partial charge in [-0.25, -0.2) is 4.68 Å². The van der Waals surface area contributed by atoms with Gasteiger partial charge in [0.2, 0.25) is 0 Å². The lowest BCUT2D eigenvalue weighted by molar-refractivity contribution is 0.0909. The molecule has 1 aliphatic carbocycles. The van der Waals surface area contributed by atoms with Gasteiger partial charge in [0.25, 0.3) is 5.91 Å².